The Morgan fingerprint density at radius 1 is 1.11 bits per heavy atom. The molecule has 0 saturated carbocycles. The number of benzene rings is 2. The van der Waals surface area contributed by atoms with E-state index in [0.717, 1.165) is 16.8 Å². The summed E-state index contributed by atoms with van der Waals surface area (Å²) in [6.07, 6.45) is 1.59. The van der Waals surface area contributed by atoms with E-state index in [1.54, 1.807) is 42.0 Å². The van der Waals surface area contributed by atoms with Crippen LogP contribution in [0.2, 0.25) is 0 Å². The minimum Gasteiger partial charge on any atom is -0.494 e. The van der Waals surface area contributed by atoms with E-state index >= 15 is 0 Å². The van der Waals surface area contributed by atoms with Crippen LogP contribution >= 0.6 is 0 Å². The molecule has 28 heavy (non-hydrogen) atoms. The molecule has 0 spiro atoms. The predicted octanol–water partition coefficient (Wildman–Crippen LogP) is 2.51. The number of hydrogen-bond acceptors (Lipinski definition) is 4. The van der Waals surface area contributed by atoms with Gasteiger partial charge in [0, 0.05) is 19.2 Å². The Morgan fingerprint density at radius 2 is 1.96 bits per heavy atom. The summed E-state index contributed by atoms with van der Waals surface area (Å²) in [5.74, 6) is 0.565. The number of aryl methyl sites for hydroxylation is 1. The topological polar surface area (TPSA) is 77.6 Å². The number of nitrogens with zero attached hydrogens (tertiary/aromatic N) is 3. The van der Waals surface area contributed by atoms with E-state index in [0.29, 0.717) is 29.7 Å². The van der Waals surface area contributed by atoms with E-state index in [9.17, 15) is 9.59 Å². The third-order valence-electron chi connectivity index (χ3n) is 4.66. The zero-order chi connectivity index (χ0) is 19.7. The first-order chi connectivity index (χ1) is 13.6. The minimum atomic E-state index is -0.211. The molecule has 4 aromatic rings. The van der Waals surface area contributed by atoms with Crippen LogP contribution in [-0.2, 0) is 13.6 Å². The molecule has 0 aliphatic carbocycles. The Hall–Kier alpha value is -3.61. The number of ether oxygens (including phenoxy) is 1. The molecule has 2 aromatic carbocycles. The average molecular weight is 376 g/mol. The molecule has 0 atom stereocenters. The Balaban J connectivity index is 1.61. The molecule has 0 radical (unpaired) electrons. The van der Waals surface area contributed by atoms with Crippen molar-refractivity contribution in [1.82, 2.24) is 19.5 Å². The Kier molecular flexibility index (Phi) is 4.57. The fourth-order valence-electron chi connectivity index (χ4n) is 3.25. The lowest BCUT2D eigenvalue weighted by atomic mass is 10.1. The third kappa shape index (κ3) is 3.11. The van der Waals surface area contributed by atoms with Gasteiger partial charge in [-0.25, -0.2) is 4.52 Å². The quantitative estimate of drug-likeness (QED) is 0.581. The molecule has 0 aliphatic rings. The second-order valence-corrected chi connectivity index (χ2v) is 6.46. The second-order valence-electron chi connectivity index (χ2n) is 6.46. The van der Waals surface area contributed by atoms with Crippen LogP contribution in [0.1, 0.15) is 22.8 Å². The van der Waals surface area contributed by atoms with Crippen molar-refractivity contribution in [3.05, 3.63) is 76.2 Å². The maximum absolute atomic E-state index is 12.6. The van der Waals surface area contributed by atoms with Gasteiger partial charge in [-0.3, -0.25) is 9.59 Å². The summed E-state index contributed by atoms with van der Waals surface area (Å²) in [6.45, 7) is 2.91. The number of fused-ring (bicyclic) bond motifs is 3. The van der Waals surface area contributed by atoms with Gasteiger partial charge in [-0.15, -0.1) is 0 Å². The molecule has 0 unspecified atom stereocenters. The van der Waals surface area contributed by atoms with Gasteiger partial charge < -0.3 is 14.6 Å². The SMILES string of the molecule is CCOc1cccc(CNC(=O)c2ccc3c(c2)n(C)c(=O)c2ccnn23)c1. The molecular weight excluding hydrogens is 356 g/mol. The molecular formula is C21H20N4O3. The number of hydrogen-bond donors (Lipinski definition) is 1. The van der Waals surface area contributed by atoms with Crippen molar-refractivity contribution >= 4 is 22.5 Å². The fourth-order valence-corrected chi connectivity index (χ4v) is 3.25. The van der Waals surface area contributed by atoms with Crippen molar-refractivity contribution in [3.8, 4) is 5.75 Å². The van der Waals surface area contributed by atoms with Crippen molar-refractivity contribution in [3.63, 3.8) is 0 Å². The summed E-state index contributed by atoms with van der Waals surface area (Å²) in [7, 11) is 1.69. The van der Waals surface area contributed by atoms with E-state index in [4.69, 9.17) is 4.74 Å². The first kappa shape index (κ1) is 17.8. The van der Waals surface area contributed by atoms with Gasteiger partial charge in [-0.05, 0) is 48.9 Å². The highest BCUT2D eigenvalue weighted by Crippen LogP contribution is 2.16. The molecule has 1 N–H and O–H groups in total. The highest BCUT2D eigenvalue weighted by atomic mass is 16.5. The lowest BCUT2D eigenvalue weighted by molar-refractivity contribution is 0.0951. The largest absolute Gasteiger partial charge is 0.494 e. The lowest BCUT2D eigenvalue weighted by Crippen LogP contribution is -2.24. The monoisotopic (exact) mass is 376 g/mol. The van der Waals surface area contributed by atoms with Gasteiger partial charge in [0.05, 0.1) is 23.8 Å². The smallest absolute Gasteiger partial charge is 0.276 e. The molecule has 4 rings (SSSR count). The summed E-state index contributed by atoms with van der Waals surface area (Å²) in [5, 5.41) is 7.12. The van der Waals surface area contributed by atoms with E-state index in [1.165, 1.54) is 4.57 Å². The van der Waals surface area contributed by atoms with Crippen LogP contribution in [0, 0.1) is 0 Å². The highest BCUT2D eigenvalue weighted by Gasteiger charge is 2.12. The Bertz CT molecular complexity index is 1240. The summed E-state index contributed by atoms with van der Waals surface area (Å²) in [5.41, 5.74) is 3.19. The number of rotatable bonds is 5. The predicted molar refractivity (Wildman–Crippen MR) is 107 cm³/mol. The number of carbonyl (C=O) groups is 1. The van der Waals surface area contributed by atoms with E-state index in [2.05, 4.69) is 10.4 Å². The summed E-state index contributed by atoms with van der Waals surface area (Å²) >= 11 is 0. The zero-order valence-electron chi connectivity index (χ0n) is 15.7. The van der Waals surface area contributed by atoms with Gasteiger partial charge in [-0.1, -0.05) is 12.1 Å². The Morgan fingerprint density at radius 3 is 2.79 bits per heavy atom. The molecule has 2 heterocycles. The molecule has 0 fully saturated rings. The molecule has 1 amide bonds. The highest BCUT2D eigenvalue weighted by molar-refractivity contribution is 5.97. The molecule has 0 bridgehead atoms. The second kappa shape index (κ2) is 7.19. The minimum absolute atomic E-state index is 0.157. The van der Waals surface area contributed by atoms with Gasteiger partial charge in [0.2, 0.25) is 0 Å². The maximum atomic E-state index is 12.6. The Labute approximate surface area is 161 Å². The van der Waals surface area contributed by atoms with Crippen LogP contribution in [0.3, 0.4) is 0 Å². The molecule has 7 nitrogen and oxygen atoms in total. The van der Waals surface area contributed by atoms with Gasteiger partial charge in [0.25, 0.3) is 11.5 Å². The molecule has 0 aliphatic heterocycles. The van der Waals surface area contributed by atoms with E-state index in [1.807, 2.05) is 31.2 Å². The van der Waals surface area contributed by atoms with Crippen LogP contribution in [0.15, 0.2) is 59.5 Å². The fraction of sp³-hybridized carbons (Fsp3) is 0.190. The van der Waals surface area contributed by atoms with Crippen LogP contribution in [-0.4, -0.2) is 26.7 Å². The number of aromatic nitrogens is 3. The normalized spacial score (nSPS) is 11.1. The van der Waals surface area contributed by atoms with E-state index in [-0.39, 0.29) is 11.5 Å². The number of nitrogens with one attached hydrogen (secondary N) is 1. The van der Waals surface area contributed by atoms with Crippen molar-refractivity contribution in [1.29, 1.82) is 0 Å². The molecule has 2 aromatic heterocycles. The average Bonchev–Trinajstić information content (AvgIpc) is 3.20. The molecule has 142 valence electrons. The first-order valence-corrected chi connectivity index (χ1v) is 9.05. The van der Waals surface area contributed by atoms with Gasteiger partial charge >= 0.3 is 0 Å². The molecule has 0 saturated heterocycles. The zero-order valence-corrected chi connectivity index (χ0v) is 15.7. The first-order valence-electron chi connectivity index (χ1n) is 9.05. The van der Waals surface area contributed by atoms with Gasteiger partial charge in [0.15, 0.2) is 0 Å². The summed E-state index contributed by atoms with van der Waals surface area (Å²) in [6, 6.07) is 14.5. The van der Waals surface area contributed by atoms with Gasteiger partial charge in [-0.2, -0.15) is 5.10 Å². The van der Waals surface area contributed by atoms with E-state index < -0.39 is 0 Å². The van der Waals surface area contributed by atoms with Crippen LogP contribution in [0.4, 0.5) is 0 Å². The standard InChI is InChI=1S/C21H20N4O3/c1-3-28-16-6-4-5-14(11-16)13-22-20(26)15-7-8-17-19(12-15)24(2)21(27)18-9-10-23-25(17)18/h4-12H,3,13H2,1-2H3,(H,22,26). The van der Waals surface area contributed by atoms with Crippen molar-refractivity contribution in [2.75, 3.05) is 6.61 Å². The number of amides is 1. The van der Waals surface area contributed by atoms with Gasteiger partial charge in [0.1, 0.15) is 11.3 Å². The van der Waals surface area contributed by atoms with Crippen molar-refractivity contribution in [2.24, 2.45) is 7.05 Å². The molecule has 7 heteroatoms. The van der Waals surface area contributed by atoms with Crippen LogP contribution < -0.4 is 15.6 Å². The van der Waals surface area contributed by atoms with Crippen LogP contribution in [0.5, 0.6) is 5.75 Å². The maximum Gasteiger partial charge on any atom is 0.276 e. The lowest BCUT2D eigenvalue weighted by Gasteiger charge is -2.10. The summed E-state index contributed by atoms with van der Waals surface area (Å²) in [4.78, 5) is 25.1. The third-order valence-corrected chi connectivity index (χ3v) is 4.66. The van der Waals surface area contributed by atoms with Crippen molar-refractivity contribution in [2.45, 2.75) is 13.5 Å². The number of carbonyl (C=O) groups excluding carboxylic acids is 1. The van der Waals surface area contributed by atoms with Crippen LogP contribution in [0.25, 0.3) is 16.6 Å². The van der Waals surface area contributed by atoms with Crippen molar-refractivity contribution < 1.29 is 9.53 Å². The summed E-state index contributed by atoms with van der Waals surface area (Å²) < 4.78 is 8.62.